The monoisotopic (exact) mass is 414 g/mol. The van der Waals surface area contributed by atoms with E-state index in [0.29, 0.717) is 18.1 Å². The van der Waals surface area contributed by atoms with Crippen LogP contribution in [0.15, 0.2) is 35.2 Å². The topological polar surface area (TPSA) is 6.48 Å². The second-order valence-corrected chi connectivity index (χ2v) is 8.63. The molecule has 1 fully saturated rings. The highest BCUT2D eigenvalue weighted by Gasteiger charge is 2.58. The molecule has 3 heterocycles. The van der Waals surface area contributed by atoms with Crippen molar-refractivity contribution in [2.24, 2.45) is 0 Å². The fourth-order valence-electron chi connectivity index (χ4n) is 5.40. The lowest BCUT2D eigenvalue weighted by Crippen LogP contribution is -2.69. The first kappa shape index (κ1) is 18.7. The SMILES string of the molecule is CCN1CCN(CC)C2C1C(C)=C[N@+]1(Br)C3=C(CCC=C3)C[C@@H]21.Cl. The number of quaternary nitrogens is 1. The van der Waals surface area contributed by atoms with Gasteiger partial charge in [-0.25, -0.2) is 0 Å². The molecule has 1 saturated heterocycles. The zero-order chi connectivity index (χ0) is 16.2. The number of nitrogens with zero attached hydrogens (tertiary/aromatic N) is 3. The maximum Gasteiger partial charge on any atom is 0.239 e. The summed E-state index contributed by atoms with van der Waals surface area (Å²) in [5, 5.41) is 0. The van der Waals surface area contributed by atoms with E-state index in [9.17, 15) is 0 Å². The minimum absolute atomic E-state index is 0. The Morgan fingerprint density at radius 3 is 2.62 bits per heavy atom. The van der Waals surface area contributed by atoms with E-state index in [0.717, 1.165) is 16.6 Å². The number of rotatable bonds is 2. The molecule has 4 rings (SSSR count). The summed E-state index contributed by atoms with van der Waals surface area (Å²) >= 11 is 4.17. The van der Waals surface area contributed by atoms with Gasteiger partial charge in [0.1, 0.15) is 17.9 Å². The summed E-state index contributed by atoms with van der Waals surface area (Å²) in [5.74, 6) is 0. The largest absolute Gasteiger partial charge is 0.294 e. The molecule has 134 valence electrons. The minimum atomic E-state index is 0. The van der Waals surface area contributed by atoms with Crippen LogP contribution in [0.25, 0.3) is 0 Å². The van der Waals surface area contributed by atoms with Gasteiger partial charge < -0.3 is 0 Å². The van der Waals surface area contributed by atoms with Crippen LogP contribution in [0.1, 0.15) is 40.0 Å². The van der Waals surface area contributed by atoms with Gasteiger partial charge in [0.15, 0.2) is 0 Å². The lowest BCUT2D eigenvalue weighted by Gasteiger charge is -2.54. The predicted molar refractivity (Wildman–Crippen MR) is 106 cm³/mol. The van der Waals surface area contributed by atoms with E-state index in [1.165, 1.54) is 43.6 Å². The van der Waals surface area contributed by atoms with E-state index in [1.807, 2.05) is 0 Å². The molecule has 0 bridgehead atoms. The molecule has 4 atom stereocenters. The third-order valence-corrected chi connectivity index (χ3v) is 7.55. The molecule has 5 heteroatoms. The Bertz CT molecular complexity index is 599. The van der Waals surface area contributed by atoms with Crippen molar-refractivity contribution < 1.29 is 3.51 Å². The first-order valence-electron chi connectivity index (χ1n) is 9.24. The molecule has 1 aliphatic carbocycles. The Labute approximate surface area is 161 Å². The number of halogens is 2. The van der Waals surface area contributed by atoms with E-state index in [2.05, 4.69) is 65.1 Å². The molecule has 0 saturated carbocycles. The second-order valence-electron chi connectivity index (χ2n) is 7.45. The number of hydrogen-bond donors (Lipinski definition) is 0. The number of likely N-dealkylation sites (N-methyl/N-ethyl adjacent to an activating group) is 2. The van der Waals surface area contributed by atoms with Gasteiger partial charge in [0.05, 0.1) is 12.1 Å². The number of hydrogen-bond acceptors (Lipinski definition) is 2. The molecule has 0 radical (unpaired) electrons. The van der Waals surface area contributed by atoms with Gasteiger partial charge in [-0.3, -0.25) is 9.80 Å². The summed E-state index contributed by atoms with van der Waals surface area (Å²) in [4.78, 5) is 5.45. The molecule has 2 unspecified atom stereocenters. The molecule has 0 N–H and O–H groups in total. The molecular weight excluding hydrogens is 386 g/mol. The highest BCUT2D eigenvalue weighted by molar-refractivity contribution is 9.05. The van der Waals surface area contributed by atoms with Gasteiger partial charge >= 0.3 is 0 Å². The normalized spacial score (nSPS) is 39.0. The van der Waals surface area contributed by atoms with Gasteiger partial charge in [0.25, 0.3) is 0 Å². The van der Waals surface area contributed by atoms with Gasteiger partial charge in [-0.15, -0.1) is 12.4 Å². The Hall–Kier alpha value is -0.130. The van der Waals surface area contributed by atoms with Crippen molar-refractivity contribution in [1.82, 2.24) is 9.80 Å². The third-order valence-electron chi connectivity index (χ3n) is 6.44. The van der Waals surface area contributed by atoms with Crippen molar-refractivity contribution in [1.29, 1.82) is 0 Å². The zero-order valence-electron chi connectivity index (χ0n) is 15.0. The van der Waals surface area contributed by atoms with Crippen LogP contribution in [0.4, 0.5) is 0 Å². The molecule has 0 aromatic rings. The number of fused-ring (bicyclic) bond motifs is 4. The first-order valence-corrected chi connectivity index (χ1v) is 9.95. The Morgan fingerprint density at radius 2 is 1.92 bits per heavy atom. The molecular formula is C19H30BrClN3+. The smallest absolute Gasteiger partial charge is 0.239 e. The summed E-state index contributed by atoms with van der Waals surface area (Å²) in [6.07, 6.45) is 11.0. The third kappa shape index (κ3) is 2.57. The highest BCUT2D eigenvalue weighted by Crippen LogP contribution is 2.52. The van der Waals surface area contributed by atoms with E-state index >= 15 is 0 Å². The Kier molecular flexibility index (Phi) is 5.35. The fraction of sp³-hybridized carbons (Fsp3) is 0.684. The average molecular weight is 416 g/mol. The number of allylic oxidation sites excluding steroid dienone is 2. The van der Waals surface area contributed by atoms with Gasteiger partial charge in [0, 0.05) is 25.1 Å². The van der Waals surface area contributed by atoms with Crippen molar-refractivity contribution >= 4 is 28.6 Å². The lowest BCUT2D eigenvalue weighted by atomic mass is 9.84. The summed E-state index contributed by atoms with van der Waals surface area (Å²) in [6, 6.07) is 1.83. The van der Waals surface area contributed by atoms with Crippen molar-refractivity contribution in [3.63, 3.8) is 0 Å². The van der Waals surface area contributed by atoms with Crippen LogP contribution < -0.4 is 0 Å². The van der Waals surface area contributed by atoms with Gasteiger partial charge in [-0.2, -0.15) is 3.51 Å². The van der Waals surface area contributed by atoms with E-state index in [-0.39, 0.29) is 12.4 Å². The van der Waals surface area contributed by atoms with E-state index in [1.54, 1.807) is 5.57 Å². The maximum atomic E-state index is 4.17. The highest BCUT2D eigenvalue weighted by atomic mass is 79.9. The zero-order valence-corrected chi connectivity index (χ0v) is 17.4. The number of piperazine rings is 1. The fourth-order valence-corrected chi connectivity index (χ4v) is 6.48. The summed E-state index contributed by atoms with van der Waals surface area (Å²) in [5.41, 5.74) is 4.74. The summed E-state index contributed by atoms with van der Waals surface area (Å²) in [6.45, 7) is 11.7. The molecule has 0 aromatic heterocycles. The van der Waals surface area contributed by atoms with Crippen molar-refractivity contribution in [3.05, 3.63) is 35.2 Å². The minimum Gasteiger partial charge on any atom is -0.294 e. The Morgan fingerprint density at radius 1 is 1.21 bits per heavy atom. The molecule has 3 nitrogen and oxygen atoms in total. The standard InChI is InChI=1S/C19H29BrN3.ClH/c1-4-21-10-11-22(5-2)19-17-12-15-8-6-7-9-16(15)23(17,20)13-14(3)18(19)21;/h7,9,13,17-19H,4-6,8,10-12H2,1-3H3;1H/q+1;/t17-,18?,19?,23-;/m0./s1. The van der Waals surface area contributed by atoms with Crippen LogP contribution in [0.2, 0.25) is 0 Å². The van der Waals surface area contributed by atoms with Crippen molar-refractivity contribution in [2.45, 2.75) is 58.2 Å². The summed E-state index contributed by atoms with van der Waals surface area (Å²) in [7, 11) is 0. The molecule has 3 aliphatic heterocycles. The molecule has 24 heavy (non-hydrogen) atoms. The lowest BCUT2D eigenvalue weighted by molar-refractivity contribution is -0.711. The van der Waals surface area contributed by atoms with Crippen LogP contribution in [-0.2, 0) is 0 Å². The average Bonchev–Trinajstić information content (AvgIpc) is 2.86. The predicted octanol–water partition coefficient (Wildman–Crippen LogP) is 4.22. The van der Waals surface area contributed by atoms with E-state index < -0.39 is 0 Å². The van der Waals surface area contributed by atoms with Crippen LogP contribution >= 0.6 is 28.6 Å². The second kappa shape index (κ2) is 6.88. The van der Waals surface area contributed by atoms with Gasteiger partial charge in [0.2, 0.25) is 16.1 Å². The van der Waals surface area contributed by atoms with Gasteiger partial charge in [-0.1, -0.05) is 19.9 Å². The van der Waals surface area contributed by atoms with Crippen LogP contribution in [0.5, 0.6) is 0 Å². The Balaban J connectivity index is 0.00000169. The molecule has 4 aliphatic rings. The van der Waals surface area contributed by atoms with Crippen LogP contribution in [0, 0.1) is 0 Å². The van der Waals surface area contributed by atoms with Crippen LogP contribution in [-0.4, -0.2) is 57.6 Å². The molecule has 0 aromatic carbocycles. The maximum absolute atomic E-state index is 4.17. The first-order chi connectivity index (χ1) is 11.1. The van der Waals surface area contributed by atoms with Crippen molar-refractivity contribution in [2.75, 3.05) is 26.2 Å². The molecule has 0 amide bonds. The molecule has 0 spiro atoms. The quantitative estimate of drug-likeness (QED) is 0.623. The van der Waals surface area contributed by atoms with Gasteiger partial charge in [-0.05, 0) is 44.5 Å². The van der Waals surface area contributed by atoms with Crippen molar-refractivity contribution in [3.8, 4) is 0 Å². The van der Waals surface area contributed by atoms with E-state index in [4.69, 9.17) is 0 Å². The summed E-state index contributed by atoms with van der Waals surface area (Å²) < 4.78 is 0.861. The van der Waals surface area contributed by atoms with Crippen LogP contribution in [0.3, 0.4) is 0 Å².